The van der Waals surface area contributed by atoms with E-state index < -0.39 is 16.9 Å². The van der Waals surface area contributed by atoms with E-state index in [0.717, 1.165) is 33.3 Å². The van der Waals surface area contributed by atoms with Crippen molar-refractivity contribution in [2.45, 2.75) is 25.0 Å². The van der Waals surface area contributed by atoms with Crippen molar-refractivity contribution in [1.82, 2.24) is 14.8 Å². The number of H-pyrrole nitrogens is 1. The highest BCUT2D eigenvalue weighted by atomic mass is 16.6. The Morgan fingerprint density at radius 3 is 2.88 bits per heavy atom. The lowest BCUT2D eigenvalue weighted by atomic mass is 9.89. The highest BCUT2D eigenvalue weighted by molar-refractivity contribution is 5.86. The van der Waals surface area contributed by atoms with Crippen LogP contribution in [0.5, 0.6) is 5.75 Å². The number of nitrogens with one attached hydrogen (secondary N) is 1. The Hall–Kier alpha value is -4.18. The number of nitrogens with zero attached hydrogens (tertiary/aromatic N) is 3. The molecule has 0 bridgehead atoms. The standard InChI is InChI=1S/C23H21N5O5/c1-33-20-7-6-13(8-14(20)11-27-12-15(10-24-27)28(31)32)21-22-17(9-19(26-21)23(29)30)16-4-2-3-5-18(16)25-22/h2-8,10,12,19,21,25-26H,9,11H2,1H3,(H,29,30)/t19-,21+/m1/s1. The smallest absolute Gasteiger partial charge is 0.307 e. The number of fused-ring (bicyclic) bond motifs is 3. The normalized spacial score (nSPS) is 17.6. The zero-order chi connectivity index (χ0) is 23.1. The number of methoxy groups -OCH3 is 1. The zero-order valence-corrected chi connectivity index (χ0v) is 17.7. The molecule has 4 aromatic rings. The fraction of sp³-hybridized carbons (Fsp3) is 0.217. The number of carbonyl (C=O) groups excluding carboxylic acids is 1. The summed E-state index contributed by atoms with van der Waals surface area (Å²) < 4.78 is 6.97. The van der Waals surface area contributed by atoms with Crippen LogP contribution in [0, 0.1) is 10.1 Å². The van der Waals surface area contributed by atoms with Gasteiger partial charge in [0.15, 0.2) is 6.04 Å². The number of ether oxygens (including phenoxy) is 1. The molecule has 10 heteroatoms. The molecule has 2 aromatic carbocycles. The van der Waals surface area contributed by atoms with Crippen molar-refractivity contribution in [1.29, 1.82) is 0 Å². The van der Waals surface area contributed by atoms with Gasteiger partial charge in [-0.1, -0.05) is 18.2 Å². The zero-order valence-electron chi connectivity index (χ0n) is 17.7. The monoisotopic (exact) mass is 447 g/mol. The molecule has 2 atom stereocenters. The summed E-state index contributed by atoms with van der Waals surface area (Å²) in [7, 11) is 1.55. The van der Waals surface area contributed by atoms with E-state index in [4.69, 9.17) is 4.74 Å². The third kappa shape index (κ3) is 3.70. The number of quaternary nitrogens is 1. The van der Waals surface area contributed by atoms with Crippen molar-refractivity contribution in [2.24, 2.45) is 0 Å². The van der Waals surface area contributed by atoms with Gasteiger partial charge in [0, 0.05) is 28.5 Å². The molecule has 168 valence electrons. The number of rotatable bonds is 6. The van der Waals surface area contributed by atoms with Gasteiger partial charge in [-0.2, -0.15) is 5.10 Å². The summed E-state index contributed by atoms with van der Waals surface area (Å²) in [4.78, 5) is 25.8. The first kappa shape index (κ1) is 20.7. The number of aromatic amines is 1. The van der Waals surface area contributed by atoms with Crippen molar-refractivity contribution >= 4 is 22.6 Å². The van der Waals surface area contributed by atoms with Crippen LogP contribution in [0.25, 0.3) is 10.9 Å². The Morgan fingerprint density at radius 2 is 2.15 bits per heavy atom. The molecule has 3 heterocycles. The number of carboxylic acids is 1. The number of aromatic nitrogens is 3. The van der Waals surface area contributed by atoms with Gasteiger partial charge in [0.1, 0.15) is 24.2 Å². The van der Waals surface area contributed by atoms with Gasteiger partial charge in [-0.3, -0.25) is 14.8 Å². The maximum atomic E-state index is 11.8. The van der Waals surface area contributed by atoms with Crippen molar-refractivity contribution in [3.63, 3.8) is 0 Å². The highest BCUT2D eigenvalue weighted by Gasteiger charge is 2.35. The van der Waals surface area contributed by atoms with Gasteiger partial charge >= 0.3 is 5.69 Å². The van der Waals surface area contributed by atoms with Crippen LogP contribution in [0.2, 0.25) is 0 Å². The fourth-order valence-corrected chi connectivity index (χ4v) is 4.59. The third-order valence-corrected chi connectivity index (χ3v) is 6.14. The minimum absolute atomic E-state index is 0.0924. The molecule has 0 aliphatic carbocycles. The van der Waals surface area contributed by atoms with Crippen LogP contribution in [0.3, 0.4) is 0 Å². The molecule has 10 nitrogen and oxygen atoms in total. The number of nitrogens with two attached hydrogens (primary N) is 1. The second kappa shape index (κ2) is 8.06. The van der Waals surface area contributed by atoms with E-state index in [-0.39, 0.29) is 18.3 Å². The predicted molar refractivity (Wildman–Crippen MR) is 116 cm³/mol. The quantitative estimate of drug-likeness (QED) is 0.328. The Morgan fingerprint density at radius 1 is 1.33 bits per heavy atom. The second-order valence-electron chi connectivity index (χ2n) is 8.09. The van der Waals surface area contributed by atoms with Gasteiger partial charge in [0.25, 0.3) is 0 Å². The highest BCUT2D eigenvalue weighted by Crippen LogP contribution is 2.33. The van der Waals surface area contributed by atoms with Gasteiger partial charge < -0.3 is 24.9 Å². The van der Waals surface area contributed by atoms with E-state index in [1.165, 1.54) is 17.1 Å². The molecule has 1 aliphatic heterocycles. The molecule has 0 saturated heterocycles. The first-order chi connectivity index (χ1) is 15.9. The number of aliphatic carboxylic acids is 1. The first-order valence-electron chi connectivity index (χ1n) is 10.4. The lowest BCUT2D eigenvalue weighted by molar-refractivity contribution is -0.717. The molecule has 5 rings (SSSR count). The van der Waals surface area contributed by atoms with Crippen molar-refractivity contribution in [3.05, 3.63) is 87.4 Å². The summed E-state index contributed by atoms with van der Waals surface area (Å²) in [6.45, 7) is 0.265. The van der Waals surface area contributed by atoms with Crippen LogP contribution in [0.1, 0.15) is 28.4 Å². The van der Waals surface area contributed by atoms with Crippen LogP contribution >= 0.6 is 0 Å². The molecule has 0 unspecified atom stereocenters. The molecule has 0 saturated carbocycles. The fourth-order valence-electron chi connectivity index (χ4n) is 4.59. The van der Waals surface area contributed by atoms with E-state index in [1.807, 2.05) is 42.5 Å². The molecule has 0 radical (unpaired) electrons. The molecule has 0 fully saturated rings. The maximum absolute atomic E-state index is 11.8. The molecular formula is C23H21N5O5. The largest absolute Gasteiger partial charge is 0.544 e. The number of nitro groups is 1. The summed E-state index contributed by atoms with van der Waals surface area (Å²) in [5, 5.41) is 29.7. The molecule has 0 spiro atoms. The van der Waals surface area contributed by atoms with E-state index in [0.29, 0.717) is 12.2 Å². The van der Waals surface area contributed by atoms with E-state index >= 15 is 0 Å². The minimum atomic E-state index is -1.10. The van der Waals surface area contributed by atoms with Gasteiger partial charge in [0.05, 0.1) is 30.2 Å². The van der Waals surface area contributed by atoms with Crippen molar-refractivity contribution in [3.8, 4) is 5.75 Å². The van der Waals surface area contributed by atoms with Crippen LogP contribution in [-0.4, -0.2) is 38.8 Å². The predicted octanol–water partition coefficient (Wildman–Crippen LogP) is 0.657. The Kier molecular flexibility index (Phi) is 5.06. The number of carbonyl (C=O) groups is 1. The molecule has 0 amide bonds. The molecule has 33 heavy (non-hydrogen) atoms. The number of hydrogen-bond donors (Lipinski definition) is 2. The summed E-state index contributed by atoms with van der Waals surface area (Å²) in [5.41, 5.74) is 4.45. The summed E-state index contributed by atoms with van der Waals surface area (Å²) in [5.74, 6) is -0.491. The number of benzene rings is 2. The van der Waals surface area contributed by atoms with Gasteiger partial charge in [-0.15, -0.1) is 0 Å². The Labute approximate surface area is 187 Å². The maximum Gasteiger partial charge on any atom is 0.307 e. The van der Waals surface area contributed by atoms with Crippen molar-refractivity contribution < 1.29 is 24.9 Å². The molecule has 1 aliphatic rings. The van der Waals surface area contributed by atoms with E-state index in [9.17, 15) is 20.0 Å². The average Bonchev–Trinajstić information content (AvgIpc) is 3.43. The molecule has 3 N–H and O–H groups in total. The summed E-state index contributed by atoms with van der Waals surface area (Å²) >= 11 is 0. The van der Waals surface area contributed by atoms with Crippen molar-refractivity contribution in [2.75, 3.05) is 7.11 Å². The molecular weight excluding hydrogens is 426 g/mol. The van der Waals surface area contributed by atoms with Crippen LogP contribution in [0.4, 0.5) is 5.69 Å². The van der Waals surface area contributed by atoms with Gasteiger partial charge in [0.2, 0.25) is 0 Å². The number of para-hydroxylation sites is 1. The van der Waals surface area contributed by atoms with Crippen LogP contribution in [-0.2, 0) is 17.8 Å². The lowest BCUT2D eigenvalue weighted by Crippen LogP contribution is -2.95. The summed E-state index contributed by atoms with van der Waals surface area (Å²) in [6.07, 6.45) is 2.94. The summed E-state index contributed by atoms with van der Waals surface area (Å²) in [6, 6.07) is 12.5. The van der Waals surface area contributed by atoms with Crippen LogP contribution in [0.15, 0.2) is 54.9 Å². The van der Waals surface area contributed by atoms with Gasteiger partial charge in [-0.25, -0.2) is 0 Å². The van der Waals surface area contributed by atoms with E-state index in [2.05, 4.69) is 10.1 Å². The minimum Gasteiger partial charge on any atom is -0.544 e. The van der Waals surface area contributed by atoms with E-state index in [1.54, 1.807) is 12.4 Å². The first-order valence-corrected chi connectivity index (χ1v) is 10.4. The third-order valence-electron chi connectivity index (χ3n) is 6.14. The van der Waals surface area contributed by atoms with Crippen LogP contribution < -0.4 is 15.2 Å². The average molecular weight is 447 g/mol. The molecule has 2 aromatic heterocycles. The number of carboxylic acid groups (broad SMARTS) is 1. The van der Waals surface area contributed by atoms with Gasteiger partial charge in [-0.05, 0) is 29.8 Å². The topological polar surface area (TPSA) is 143 Å². The SMILES string of the molecule is COc1ccc([C@@H]2[NH2+][C@@H](C(=O)[O-])Cc3c2[nH]c2ccccc32)cc1Cn1cc([N+](=O)[O-])cn1. The second-order valence-corrected chi connectivity index (χ2v) is 8.09. The Bertz CT molecular complexity index is 1370. The number of hydrogen-bond acceptors (Lipinski definition) is 6. The Balaban J connectivity index is 1.57. The lowest BCUT2D eigenvalue weighted by Gasteiger charge is -2.29.